The Morgan fingerprint density at radius 3 is 2.60 bits per heavy atom. The van der Waals surface area contributed by atoms with Crippen LogP contribution >= 0.6 is 0 Å². The standard InChI is InChI=1S/C16H18FNO2/c1-3-11-6-5-7-12(8-11)20-16-10-15(19-4-2)13(17)9-14(16)18/h5-10H,3-4,18H2,1-2H3. The lowest BCUT2D eigenvalue weighted by atomic mass is 10.2. The zero-order valence-corrected chi connectivity index (χ0v) is 11.7. The molecule has 0 bridgehead atoms. The summed E-state index contributed by atoms with van der Waals surface area (Å²) in [6, 6.07) is 10.4. The third kappa shape index (κ3) is 3.20. The zero-order chi connectivity index (χ0) is 14.5. The summed E-state index contributed by atoms with van der Waals surface area (Å²) >= 11 is 0. The molecule has 2 N–H and O–H groups in total. The molecule has 0 saturated carbocycles. The fourth-order valence-electron chi connectivity index (χ4n) is 1.86. The maximum Gasteiger partial charge on any atom is 0.167 e. The predicted molar refractivity (Wildman–Crippen MR) is 77.9 cm³/mol. The zero-order valence-electron chi connectivity index (χ0n) is 11.7. The first kappa shape index (κ1) is 14.2. The fraction of sp³-hybridized carbons (Fsp3) is 0.250. The van der Waals surface area contributed by atoms with Gasteiger partial charge in [0.15, 0.2) is 17.3 Å². The van der Waals surface area contributed by atoms with E-state index in [4.69, 9.17) is 15.2 Å². The summed E-state index contributed by atoms with van der Waals surface area (Å²) in [6.45, 7) is 4.24. The van der Waals surface area contributed by atoms with Crippen LogP contribution in [0.15, 0.2) is 36.4 Å². The van der Waals surface area contributed by atoms with Crippen LogP contribution in [-0.2, 0) is 6.42 Å². The summed E-state index contributed by atoms with van der Waals surface area (Å²) in [5.74, 6) is 0.718. The van der Waals surface area contributed by atoms with Crippen molar-refractivity contribution in [1.82, 2.24) is 0 Å². The Bertz CT molecular complexity index is 599. The molecular formula is C16H18FNO2. The van der Waals surface area contributed by atoms with Crippen LogP contribution in [0.25, 0.3) is 0 Å². The fourth-order valence-corrected chi connectivity index (χ4v) is 1.86. The molecule has 106 valence electrons. The molecule has 0 heterocycles. The van der Waals surface area contributed by atoms with E-state index in [1.807, 2.05) is 24.3 Å². The van der Waals surface area contributed by atoms with Gasteiger partial charge in [0, 0.05) is 12.1 Å². The number of anilines is 1. The molecule has 0 aliphatic carbocycles. The van der Waals surface area contributed by atoms with Gasteiger partial charge in [0.25, 0.3) is 0 Å². The third-order valence-electron chi connectivity index (χ3n) is 2.90. The largest absolute Gasteiger partial charge is 0.491 e. The summed E-state index contributed by atoms with van der Waals surface area (Å²) in [4.78, 5) is 0. The molecule has 0 unspecified atom stereocenters. The van der Waals surface area contributed by atoms with Gasteiger partial charge in [-0.2, -0.15) is 0 Å². The molecule has 0 radical (unpaired) electrons. The Kier molecular flexibility index (Phi) is 4.45. The Hall–Kier alpha value is -2.23. The monoisotopic (exact) mass is 275 g/mol. The van der Waals surface area contributed by atoms with E-state index in [9.17, 15) is 4.39 Å². The van der Waals surface area contributed by atoms with Gasteiger partial charge in [-0.3, -0.25) is 0 Å². The van der Waals surface area contributed by atoms with Gasteiger partial charge in [0.2, 0.25) is 0 Å². The second-order valence-corrected chi connectivity index (χ2v) is 4.36. The number of hydrogen-bond donors (Lipinski definition) is 1. The van der Waals surface area contributed by atoms with Crippen LogP contribution in [0, 0.1) is 5.82 Å². The van der Waals surface area contributed by atoms with Crippen molar-refractivity contribution < 1.29 is 13.9 Å². The van der Waals surface area contributed by atoms with Gasteiger partial charge in [-0.1, -0.05) is 19.1 Å². The second-order valence-electron chi connectivity index (χ2n) is 4.36. The number of ether oxygens (including phenoxy) is 2. The number of halogens is 1. The maximum atomic E-state index is 13.6. The number of aryl methyl sites for hydroxylation is 1. The number of rotatable bonds is 5. The number of hydrogen-bond acceptors (Lipinski definition) is 3. The van der Waals surface area contributed by atoms with E-state index in [1.165, 1.54) is 12.1 Å². The molecule has 0 aliphatic heterocycles. The summed E-state index contributed by atoms with van der Waals surface area (Å²) in [7, 11) is 0. The van der Waals surface area contributed by atoms with Crippen molar-refractivity contribution in [1.29, 1.82) is 0 Å². The minimum Gasteiger partial charge on any atom is -0.491 e. The SMILES string of the molecule is CCOc1cc(Oc2cccc(CC)c2)c(N)cc1F. The van der Waals surface area contributed by atoms with Crippen molar-refractivity contribution in [3.63, 3.8) is 0 Å². The van der Waals surface area contributed by atoms with Crippen molar-refractivity contribution in [3.05, 3.63) is 47.8 Å². The highest BCUT2D eigenvalue weighted by atomic mass is 19.1. The molecule has 3 nitrogen and oxygen atoms in total. The van der Waals surface area contributed by atoms with Gasteiger partial charge in [-0.15, -0.1) is 0 Å². The molecule has 0 aliphatic rings. The van der Waals surface area contributed by atoms with Crippen LogP contribution < -0.4 is 15.2 Å². The molecule has 0 atom stereocenters. The second kappa shape index (κ2) is 6.28. The molecule has 0 aromatic heterocycles. The smallest absolute Gasteiger partial charge is 0.167 e. The first-order valence-corrected chi connectivity index (χ1v) is 6.62. The summed E-state index contributed by atoms with van der Waals surface area (Å²) in [5, 5.41) is 0. The molecule has 0 amide bonds. The van der Waals surface area contributed by atoms with E-state index in [1.54, 1.807) is 6.92 Å². The lowest BCUT2D eigenvalue weighted by Crippen LogP contribution is -1.99. The minimum atomic E-state index is -0.487. The highest BCUT2D eigenvalue weighted by molar-refractivity contribution is 5.57. The quantitative estimate of drug-likeness (QED) is 0.833. The summed E-state index contributed by atoms with van der Waals surface area (Å²) in [5.41, 5.74) is 7.19. The van der Waals surface area contributed by atoms with E-state index in [0.717, 1.165) is 12.0 Å². The van der Waals surface area contributed by atoms with Gasteiger partial charge >= 0.3 is 0 Å². The van der Waals surface area contributed by atoms with Crippen molar-refractivity contribution in [2.75, 3.05) is 12.3 Å². The van der Waals surface area contributed by atoms with Gasteiger partial charge in [-0.05, 0) is 31.0 Å². The molecule has 0 spiro atoms. The van der Waals surface area contributed by atoms with E-state index < -0.39 is 5.82 Å². The van der Waals surface area contributed by atoms with Crippen molar-refractivity contribution >= 4 is 5.69 Å². The van der Waals surface area contributed by atoms with Crippen LogP contribution in [-0.4, -0.2) is 6.61 Å². The van der Waals surface area contributed by atoms with Gasteiger partial charge in [0.05, 0.1) is 12.3 Å². The number of nitrogens with two attached hydrogens (primary N) is 1. The Morgan fingerprint density at radius 2 is 1.90 bits per heavy atom. The van der Waals surface area contributed by atoms with Gasteiger partial charge in [-0.25, -0.2) is 4.39 Å². The van der Waals surface area contributed by atoms with Crippen LogP contribution in [0.3, 0.4) is 0 Å². The molecule has 2 aromatic rings. The Balaban J connectivity index is 2.30. The van der Waals surface area contributed by atoms with Crippen LogP contribution in [0.1, 0.15) is 19.4 Å². The maximum absolute atomic E-state index is 13.6. The normalized spacial score (nSPS) is 10.3. The third-order valence-corrected chi connectivity index (χ3v) is 2.90. The van der Waals surface area contributed by atoms with Crippen LogP contribution in [0.5, 0.6) is 17.2 Å². The Labute approximate surface area is 118 Å². The van der Waals surface area contributed by atoms with Gasteiger partial charge in [0.1, 0.15) is 5.75 Å². The first-order chi connectivity index (χ1) is 9.63. The molecular weight excluding hydrogens is 257 g/mol. The van der Waals surface area contributed by atoms with Gasteiger partial charge < -0.3 is 15.2 Å². The van der Waals surface area contributed by atoms with Crippen molar-refractivity contribution in [3.8, 4) is 17.2 Å². The Morgan fingerprint density at radius 1 is 1.10 bits per heavy atom. The van der Waals surface area contributed by atoms with Crippen LogP contribution in [0.4, 0.5) is 10.1 Å². The van der Waals surface area contributed by atoms with E-state index >= 15 is 0 Å². The molecule has 2 aromatic carbocycles. The average molecular weight is 275 g/mol. The number of benzene rings is 2. The average Bonchev–Trinajstić information content (AvgIpc) is 2.44. The molecule has 0 saturated heterocycles. The topological polar surface area (TPSA) is 44.5 Å². The predicted octanol–water partition coefficient (Wildman–Crippen LogP) is 4.16. The lowest BCUT2D eigenvalue weighted by molar-refractivity contribution is 0.319. The summed E-state index contributed by atoms with van der Waals surface area (Å²) < 4.78 is 24.5. The minimum absolute atomic E-state index is 0.142. The molecule has 4 heteroatoms. The summed E-state index contributed by atoms with van der Waals surface area (Å²) in [6.07, 6.45) is 0.917. The van der Waals surface area contributed by atoms with Crippen LogP contribution in [0.2, 0.25) is 0 Å². The molecule has 2 rings (SSSR count). The lowest BCUT2D eigenvalue weighted by Gasteiger charge is -2.12. The molecule has 0 fully saturated rings. The van der Waals surface area contributed by atoms with E-state index in [2.05, 4.69) is 6.92 Å². The van der Waals surface area contributed by atoms with Crippen molar-refractivity contribution in [2.45, 2.75) is 20.3 Å². The first-order valence-electron chi connectivity index (χ1n) is 6.62. The van der Waals surface area contributed by atoms with E-state index in [-0.39, 0.29) is 11.4 Å². The number of nitrogen functional groups attached to an aromatic ring is 1. The molecule has 20 heavy (non-hydrogen) atoms. The highest BCUT2D eigenvalue weighted by Crippen LogP contribution is 2.33. The van der Waals surface area contributed by atoms with E-state index in [0.29, 0.717) is 18.1 Å². The van der Waals surface area contributed by atoms with Crippen molar-refractivity contribution in [2.24, 2.45) is 0 Å². The highest BCUT2D eigenvalue weighted by Gasteiger charge is 2.11.